The van der Waals surface area contributed by atoms with E-state index in [1.807, 2.05) is 11.3 Å². The fourth-order valence-corrected chi connectivity index (χ4v) is 7.97. The van der Waals surface area contributed by atoms with Crippen molar-refractivity contribution >= 4 is 70.1 Å². The van der Waals surface area contributed by atoms with E-state index in [2.05, 4.69) is 181 Å². The number of nitrogens with zero attached hydrogens (tertiary/aromatic N) is 1. The predicted molar refractivity (Wildman–Crippen MR) is 200 cm³/mol. The van der Waals surface area contributed by atoms with Gasteiger partial charge in [0.25, 0.3) is 0 Å². The molecule has 0 unspecified atom stereocenters. The minimum atomic E-state index is 1.12. The average Bonchev–Trinajstić information content (AvgIpc) is 3.51. The minimum Gasteiger partial charge on any atom is -0.310 e. The molecule has 0 aliphatic carbocycles. The molecule has 0 aliphatic heterocycles. The Kier molecular flexibility index (Phi) is 6.40. The second kappa shape index (κ2) is 11.0. The lowest BCUT2D eigenvalue weighted by Crippen LogP contribution is -2.11. The summed E-state index contributed by atoms with van der Waals surface area (Å²) in [5, 5.41) is 7.59. The molecular formula is C44H29NS. The summed E-state index contributed by atoms with van der Waals surface area (Å²) in [7, 11) is 0. The van der Waals surface area contributed by atoms with Crippen molar-refractivity contribution in [3.8, 4) is 22.3 Å². The van der Waals surface area contributed by atoms with E-state index in [-0.39, 0.29) is 0 Å². The average molecular weight is 604 g/mol. The predicted octanol–water partition coefficient (Wildman–Crippen LogP) is 13.2. The van der Waals surface area contributed by atoms with Crippen LogP contribution in [0.4, 0.5) is 17.1 Å². The summed E-state index contributed by atoms with van der Waals surface area (Å²) in [5.41, 5.74) is 8.26. The van der Waals surface area contributed by atoms with Gasteiger partial charge in [0.1, 0.15) is 0 Å². The summed E-state index contributed by atoms with van der Waals surface area (Å²) in [6.07, 6.45) is 0. The van der Waals surface area contributed by atoms with E-state index in [1.165, 1.54) is 64.0 Å². The highest BCUT2D eigenvalue weighted by Gasteiger charge is 2.19. The molecule has 1 nitrogen and oxygen atoms in total. The number of rotatable bonds is 5. The van der Waals surface area contributed by atoms with Gasteiger partial charge in [-0.05, 0) is 86.8 Å². The van der Waals surface area contributed by atoms with Gasteiger partial charge in [-0.15, -0.1) is 11.3 Å². The Morgan fingerprint density at radius 1 is 0.370 bits per heavy atom. The molecule has 8 aromatic carbocycles. The van der Waals surface area contributed by atoms with Crippen LogP contribution in [-0.4, -0.2) is 0 Å². The number of thiophene rings is 1. The first-order chi connectivity index (χ1) is 22.8. The van der Waals surface area contributed by atoms with E-state index in [4.69, 9.17) is 0 Å². The molecule has 46 heavy (non-hydrogen) atoms. The highest BCUT2D eigenvalue weighted by Crippen LogP contribution is 2.45. The van der Waals surface area contributed by atoms with Crippen molar-refractivity contribution in [2.24, 2.45) is 0 Å². The minimum absolute atomic E-state index is 1.12. The molecule has 9 aromatic rings. The molecule has 0 atom stereocenters. The van der Waals surface area contributed by atoms with E-state index in [0.29, 0.717) is 0 Å². The van der Waals surface area contributed by atoms with Gasteiger partial charge in [-0.25, -0.2) is 0 Å². The van der Waals surface area contributed by atoms with Crippen molar-refractivity contribution in [1.82, 2.24) is 0 Å². The van der Waals surface area contributed by atoms with Gasteiger partial charge >= 0.3 is 0 Å². The molecule has 0 N–H and O–H groups in total. The van der Waals surface area contributed by atoms with E-state index in [9.17, 15) is 0 Å². The van der Waals surface area contributed by atoms with Crippen LogP contribution in [0.3, 0.4) is 0 Å². The Morgan fingerprint density at radius 3 is 1.85 bits per heavy atom. The van der Waals surface area contributed by atoms with E-state index in [0.717, 1.165) is 17.1 Å². The molecule has 0 fully saturated rings. The molecule has 0 bridgehead atoms. The monoisotopic (exact) mass is 603 g/mol. The second-order valence-corrected chi connectivity index (χ2v) is 12.9. The fraction of sp³-hybridized carbons (Fsp3) is 0. The van der Waals surface area contributed by atoms with Crippen molar-refractivity contribution in [3.63, 3.8) is 0 Å². The van der Waals surface area contributed by atoms with Crippen LogP contribution in [0.5, 0.6) is 0 Å². The maximum absolute atomic E-state index is 2.42. The summed E-state index contributed by atoms with van der Waals surface area (Å²) in [6, 6.07) is 64.1. The molecule has 1 aromatic heterocycles. The van der Waals surface area contributed by atoms with Crippen molar-refractivity contribution in [3.05, 3.63) is 176 Å². The van der Waals surface area contributed by atoms with E-state index < -0.39 is 0 Å². The second-order valence-electron chi connectivity index (χ2n) is 11.8. The SMILES string of the molecule is c1cc(-c2cccc3sc4ccccc4c23)cc(N(c2ccc3ccccc3c2)c2ccccc2-c2ccc3ccccc3c2)c1. The quantitative estimate of drug-likeness (QED) is 0.189. The number of fused-ring (bicyclic) bond motifs is 5. The normalized spacial score (nSPS) is 11.5. The van der Waals surface area contributed by atoms with Gasteiger partial charge in [-0.2, -0.15) is 0 Å². The van der Waals surface area contributed by atoms with Crippen molar-refractivity contribution < 1.29 is 0 Å². The third kappa shape index (κ3) is 4.54. The lowest BCUT2D eigenvalue weighted by Gasteiger charge is -2.28. The Hall–Kier alpha value is -5.70. The lowest BCUT2D eigenvalue weighted by atomic mass is 9.97. The topological polar surface area (TPSA) is 3.24 Å². The van der Waals surface area contributed by atoms with Crippen LogP contribution in [0, 0.1) is 0 Å². The van der Waals surface area contributed by atoms with Crippen LogP contribution in [0.2, 0.25) is 0 Å². The van der Waals surface area contributed by atoms with Crippen LogP contribution in [0.15, 0.2) is 176 Å². The molecule has 0 aliphatic rings. The molecule has 9 rings (SSSR count). The van der Waals surface area contributed by atoms with Gasteiger partial charge in [-0.3, -0.25) is 0 Å². The molecule has 0 spiro atoms. The molecule has 2 heteroatoms. The Balaban J connectivity index is 1.27. The molecule has 1 heterocycles. The van der Waals surface area contributed by atoms with Crippen LogP contribution >= 0.6 is 11.3 Å². The van der Waals surface area contributed by atoms with Gasteiger partial charge in [0.15, 0.2) is 0 Å². The standard InChI is InChI=1S/C44H29NS/c1-3-13-32-27-35(24-23-30(32)11-1)38-17-5-7-20-41(38)45(37-26-25-31-12-2-4-14-33(31)28-37)36-16-9-15-34(29-36)39-19-10-22-43-44(39)40-18-6-8-21-42(40)46-43/h1-29H. The molecule has 0 amide bonds. The van der Waals surface area contributed by atoms with Crippen LogP contribution in [0.1, 0.15) is 0 Å². The van der Waals surface area contributed by atoms with Gasteiger partial charge in [0.05, 0.1) is 5.69 Å². The van der Waals surface area contributed by atoms with Crippen molar-refractivity contribution in [2.75, 3.05) is 4.90 Å². The first-order valence-electron chi connectivity index (χ1n) is 15.7. The zero-order valence-electron chi connectivity index (χ0n) is 25.1. The molecule has 0 radical (unpaired) electrons. The van der Waals surface area contributed by atoms with E-state index >= 15 is 0 Å². The highest BCUT2D eigenvalue weighted by atomic mass is 32.1. The Bertz CT molecular complexity index is 2560. The summed E-state index contributed by atoms with van der Waals surface area (Å²) in [4.78, 5) is 2.42. The van der Waals surface area contributed by atoms with Crippen LogP contribution in [0.25, 0.3) is 64.0 Å². The number of para-hydroxylation sites is 1. The van der Waals surface area contributed by atoms with Crippen LogP contribution in [-0.2, 0) is 0 Å². The van der Waals surface area contributed by atoms with Gasteiger partial charge in [0, 0.05) is 37.1 Å². The van der Waals surface area contributed by atoms with Gasteiger partial charge < -0.3 is 4.90 Å². The Labute approximate surface area is 272 Å². The molecule has 0 saturated heterocycles. The lowest BCUT2D eigenvalue weighted by molar-refractivity contribution is 1.29. The number of hydrogen-bond donors (Lipinski definition) is 0. The first kappa shape index (κ1) is 26.7. The summed E-state index contributed by atoms with van der Waals surface area (Å²) in [5.74, 6) is 0. The maximum atomic E-state index is 2.42. The molecular weight excluding hydrogens is 575 g/mol. The van der Waals surface area contributed by atoms with Crippen molar-refractivity contribution in [2.45, 2.75) is 0 Å². The molecule has 216 valence electrons. The smallest absolute Gasteiger partial charge is 0.0540 e. The number of anilines is 3. The zero-order chi connectivity index (χ0) is 30.5. The summed E-state index contributed by atoms with van der Waals surface area (Å²) < 4.78 is 2.64. The van der Waals surface area contributed by atoms with E-state index in [1.54, 1.807) is 0 Å². The first-order valence-corrected chi connectivity index (χ1v) is 16.5. The number of hydrogen-bond acceptors (Lipinski definition) is 2. The highest BCUT2D eigenvalue weighted by molar-refractivity contribution is 7.25. The largest absolute Gasteiger partial charge is 0.310 e. The summed E-state index contributed by atoms with van der Waals surface area (Å²) >= 11 is 1.87. The summed E-state index contributed by atoms with van der Waals surface area (Å²) in [6.45, 7) is 0. The van der Waals surface area contributed by atoms with Gasteiger partial charge in [-0.1, -0.05) is 127 Å². The third-order valence-electron chi connectivity index (χ3n) is 9.01. The third-order valence-corrected chi connectivity index (χ3v) is 10.2. The van der Waals surface area contributed by atoms with Crippen molar-refractivity contribution in [1.29, 1.82) is 0 Å². The van der Waals surface area contributed by atoms with Crippen LogP contribution < -0.4 is 4.90 Å². The molecule has 0 saturated carbocycles. The zero-order valence-corrected chi connectivity index (χ0v) is 25.9. The maximum Gasteiger partial charge on any atom is 0.0540 e. The van der Waals surface area contributed by atoms with Gasteiger partial charge in [0.2, 0.25) is 0 Å². The fourth-order valence-electron chi connectivity index (χ4n) is 6.84. The Morgan fingerprint density at radius 2 is 0.978 bits per heavy atom. The number of benzene rings is 8.